The third kappa shape index (κ3) is 8.02. The first-order valence-electron chi connectivity index (χ1n) is 15.6. The van der Waals surface area contributed by atoms with E-state index < -0.39 is 28.9 Å². The first-order valence-corrected chi connectivity index (χ1v) is 15.6. The number of fused-ring (bicyclic) bond motifs is 3. The number of ether oxygens (including phenoxy) is 3. The molecule has 0 unspecified atom stereocenters. The molecule has 0 saturated carbocycles. The molecule has 0 radical (unpaired) electrons. The molecule has 3 heterocycles. The lowest BCUT2D eigenvalue weighted by molar-refractivity contribution is -0.155. The lowest BCUT2D eigenvalue weighted by atomic mass is 9.87. The molecule has 1 N–H and O–H groups in total. The number of carbonyl (C=O) groups is 1. The Hall–Kier alpha value is -4.05. The van der Waals surface area contributed by atoms with Gasteiger partial charge < -0.3 is 19.2 Å². The number of H-pyrrole nitrogens is 1. The van der Waals surface area contributed by atoms with Crippen molar-refractivity contribution in [1.29, 1.82) is 0 Å². The topological polar surface area (TPSA) is 76.7 Å². The Balaban J connectivity index is 1.31. The summed E-state index contributed by atoms with van der Waals surface area (Å²) >= 11 is 0. The molecule has 1 aliphatic heterocycles. The van der Waals surface area contributed by atoms with Crippen molar-refractivity contribution >= 4 is 16.9 Å². The SMILES string of the molecule is C[C@@H]1Cc2c([nH]c3ccccc23)[C@@H](c2c(F)cc(OCc3cccc(OCCCC(=O)OC(C)(C)C)n3)cc2F)N1CC(C)(C)F. The minimum Gasteiger partial charge on any atom is -0.487 e. The Morgan fingerprint density at radius 1 is 1.02 bits per heavy atom. The molecule has 0 bridgehead atoms. The van der Waals surface area contributed by atoms with E-state index in [4.69, 9.17) is 14.2 Å². The van der Waals surface area contributed by atoms with Gasteiger partial charge in [-0.15, -0.1) is 0 Å². The van der Waals surface area contributed by atoms with E-state index in [0.717, 1.165) is 28.6 Å². The van der Waals surface area contributed by atoms with E-state index in [1.807, 2.05) is 56.9 Å². The van der Waals surface area contributed by atoms with E-state index >= 15 is 13.2 Å². The number of carbonyl (C=O) groups excluding carboxylic acids is 1. The van der Waals surface area contributed by atoms with Crippen molar-refractivity contribution in [3.8, 4) is 11.6 Å². The van der Waals surface area contributed by atoms with Gasteiger partial charge in [0.15, 0.2) is 0 Å². The second-order valence-corrected chi connectivity index (χ2v) is 13.5. The molecule has 0 fully saturated rings. The average Bonchev–Trinajstić information content (AvgIpc) is 3.32. The monoisotopic (exact) mass is 637 g/mol. The maximum Gasteiger partial charge on any atom is 0.306 e. The van der Waals surface area contributed by atoms with Crippen molar-refractivity contribution < 1.29 is 32.2 Å². The molecule has 2 aromatic heterocycles. The Morgan fingerprint density at radius 3 is 2.43 bits per heavy atom. The quantitative estimate of drug-likeness (QED) is 0.133. The zero-order valence-corrected chi connectivity index (χ0v) is 27.3. The summed E-state index contributed by atoms with van der Waals surface area (Å²) in [7, 11) is 0. The number of benzene rings is 2. The van der Waals surface area contributed by atoms with Crippen molar-refractivity contribution in [3.63, 3.8) is 0 Å². The molecule has 0 aliphatic carbocycles. The fourth-order valence-electron chi connectivity index (χ4n) is 5.97. The highest BCUT2D eigenvalue weighted by atomic mass is 19.1. The lowest BCUT2D eigenvalue weighted by Crippen LogP contribution is -2.48. The number of esters is 1. The molecule has 0 amide bonds. The maximum absolute atomic E-state index is 16.0. The molecule has 2 atom stereocenters. The molecule has 2 aromatic carbocycles. The summed E-state index contributed by atoms with van der Waals surface area (Å²) in [6.45, 7) is 10.6. The third-order valence-corrected chi connectivity index (χ3v) is 7.77. The summed E-state index contributed by atoms with van der Waals surface area (Å²) in [5, 5.41) is 0.996. The molecule has 0 spiro atoms. The van der Waals surface area contributed by atoms with E-state index in [0.29, 0.717) is 30.1 Å². The number of aromatic nitrogens is 2. The van der Waals surface area contributed by atoms with E-state index in [2.05, 4.69) is 9.97 Å². The fourth-order valence-corrected chi connectivity index (χ4v) is 5.97. The molecule has 246 valence electrons. The molecule has 46 heavy (non-hydrogen) atoms. The fraction of sp³-hybridized carbons (Fsp3) is 0.444. The van der Waals surface area contributed by atoms with Gasteiger partial charge in [0.05, 0.1) is 18.3 Å². The second-order valence-electron chi connectivity index (χ2n) is 13.5. The molecule has 5 rings (SSSR count). The predicted octanol–water partition coefficient (Wildman–Crippen LogP) is 8.00. The van der Waals surface area contributed by atoms with Crippen molar-refractivity contribution in [1.82, 2.24) is 14.9 Å². The van der Waals surface area contributed by atoms with Crippen LogP contribution in [0, 0.1) is 11.6 Å². The van der Waals surface area contributed by atoms with Crippen LogP contribution >= 0.6 is 0 Å². The average molecular weight is 638 g/mol. The van der Waals surface area contributed by atoms with Crippen LogP contribution in [0.15, 0.2) is 54.6 Å². The zero-order valence-electron chi connectivity index (χ0n) is 27.3. The number of hydrogen-bond donors (Lipinski definition) is 1. The molecule has 1 aliphatic rings. The van der Waals surface area contributed by atoms with Gasteiger partial charge in [-0.25, -0.2) is 18.2 Å². The van der Waals surface area contributed by atoms with Gasteiger partial charge in [-0.05, 0) is 72.1 Å². The summed E-state index contributed by atoms with van der Waals surface area (Å²) in [5.74, 6) is -1.52. The minimum atomic E-state index is -1.59. The number of hydrogen-bond acceptors (Lipinski definition) is 6. The summed E-state index contributed by atoms with van der Waals surface area (Å²) < 4.78 is 63.7. The summed E-state index contributed by atoms with van der Waals surface area (Å²) in [6, 6.07) is 14.2. The van der Waals surface area contributed by atoms with Crippen LogP contribution in [-0.4, -0.2) is 51.3 Å². The van der Waals surface area contributed by atoms with Crippen molar-refractivity contribution in [2.24, 2.45) is 0 Å². The van der Waals surface area contributed by atoms with Crippen LogP contribution in [0.5, 0.6) is 11.6 Å². The summed E-state index contributed by atoms with van der Waals surface area (Å²) in [4.78, 5) is 21.5. The highest BCUT2D eigenvalue weighted by Gasteiger charge is 2.41. The highest BCUT2D eigenvalue weighted by molar-refractivity contribution is 5.85. The summed E-state index contributed by atoms with van der Waals surface area (Å²) in [6.07, 6.45) is 1.30. The van der Waals surface area contributed by atoms with Gasteiger partial charge in [0.1, 0.15) is 35.3 Å². The molecular weight excluding hydrogens is 595 g/mol. The standard InChI is InChI=1S/C36H42F3N3O4/c1-22-17-26-25-12-7-8-13-29(25)41-33(26)34(42(22)21-36(5,6)39)32-27(37)18-24(19-28(32)38)45-20-23-11-9-14-30(40-23)44-16-10-15-31(43)46-35(2,3)4/h7-9,11-14,18-19,22,34,41H,10,15-17,20-21H2,1-6H3/t22-,34-/m1/s1. The molecule has 7 nitrogen and oxygen atoms in total. The Labute approximate surface area is 268 Å². The molecular formula is C36H42F3N3O4. The Kier molecular flexibility index (Phi) is 9.67. The van der Waals surface area contributed by atoms with Gasteiger partial charge in [0.25, 0.3) is 0 Å². The van der Waals surface area contributed by atoms with Crippen LogP contribution in [-0.2, 0) is 22.6 Å². The minimum absolute atomic E-state index is 0.00216. The van der Waals surface area contributed by atoms with Gasteiger partial charge in [0, 0.05) is 59.4 Å². The van der Waals surface area contributed by atoms with Crippen LogP contribution in [0.4, 0.5) is 13.2 Å². The number of alkyl halides is 1. The van der Waals surface area contributed by atoms with Crippen LogP contribution in [0.3, 0.4) is 0 Å². The number of halogens is 3. The largest absolute Gasteiger partial charge is 0.487 e. The highest BCUT2D eigenvalue weighted by Crippen LogP contribution is 2.43. The van der Waals surface area contributed by atoms with E-state index in [9.17, 15) is 4.79 Å². The van der Waals surface area contributed by atoms with E-state index in [-0.39, 0.29) is 49.5 Å². The Bertz CT molecular complexity index is 1670. The van der Waals surface area contributed by atoms with Gasteiger partial charge in [-0.1, -0.05) is 24.3 Å². The third-order valence-electron chi connectivity index (χ3n) is 7.77. The van der Waals surface area contributed by atoms with E-state index in [1.165, 1.54) is 13.8 Å². The van der Waals surface area contributed by atoms with Crippen molar-refractivity contribution in [3.05, 3.63) is 88.7 Å². The maximum atomic E-state index is 16.0. The van der Waals surface area contributed by atoms with Crippen molar-refractivity contribution in [2.45, 2.75) is 90.8 Å². The molecule has 10 heteroatoms. The first-order chi connectivity index (χ1) is 21.7. The number of aromatic amines is 1. The number of nitrogens with zero attached hydrogens (tertiary/aromatic N) is 2. The first kappa shape index (κ1) is 33.3. The summed E-state index contributed by atoms with van der Waals surface area (Å²) in [5.41, 5.74) is 0.733. The molecule has 4 aromatic rings. The number of para-hydroxylation sites is 1. The zero-order chi connectivity index (χ0) is 33.2. The van der Waals surface area contributed by atoms with Gasteiger partial charge >= 0.3 is 5.97 Å². The number of rotatable bonds is 11. The van der Waals surface area contributed by atoms with Gasteiger partial charge in [-0.3, -0.25) is 9.69 Å². The van der Waals surface area contributed by atoms with Crippen LogP contribution < -0.4 is 9.47 Å². The smallest absolute Gasteiger partial charge is 0.306 e. The molecule has 0 saturated heterocycles. The van der Waals surface area contributed by atoms with Crippen molar-refractivity contribution in [2.75, 3.05) is 13.2 Å². The normalized spacial score (nSPS) is 17.2. The predicted molar refractivity (Wildman–Crippen MR) is 171 cm³/mol. The van der Waals surface area contributed by atoms with E-state index in [1.54, 1.807) is 18.2 Å². The Morgan fingerprint density at radius 2 is 1.74 bits per heavy atom. The second kappa shape index (κ2) is 13.4. The van der Waals surface area contributed by atoms with Crippen LogP contribution in [0.25, 0.3) is 10.9 Å². The van der Waals surface area contributed by atoms with Crippen LogP contribution in [0.1, 0.15) is 82.9 Å². The number of nitrogens with one attached hydrogen (secondary N) is 1. The lowest BCUT2D eigenvalue weighted by Gasteiger charge is -2.43. The van der Waals surface area contributed by atoms with Gasteiger partial charge in [0.2, 0.25) is 5.88 Å². The number of pyridine rings is 1. The van der Waals surface area contributed by atoms with Crippen LogP contribution in [0.2, 0.25) is 0 Å². The van der Waals surface area contributed by atoms with Gasteiger partial charge in [-0.2, -0.15) is 0 Å².